The Balaban J connectivity index is 2.33. The van der Waals surface area contributed by atoms with Crippen molar-refractivity contribution in [2.45, 2.75) is 109 Å². The first-order valence-electron chi connectivity index (χ1n) is 11.4. The molecule has 1 aromatic rings. The Morgan fingerprint density at radius 1 is 0.852 bits per heavy atom. The summed E-state index contributed by atoms with van der Waals surface area (Å²) in [5.41, 5.74) is 6.38. The molecule has 0 amide bonds. The summed E-state index contributed by atoms with van der Waals surface area (Å²) < 4.78 is 0. The lowest BCUT2D eigenvalue weighted by molar-refractivity contribution is -0.484. The highest BCUT2D eigenvalue weighted by atomic mass is 28.3. The second-order valence-electron chi connectivity index (χ2n) is 9.78. The van der Waals surface area contributed by atoms with Gasteiger partial charge in [-0.15, -0.1) is 0 Å². The van der Waals surface area contributed by atoms with Crippen molar-refractivity contribution in [1.29, 1.82) is 0 Å². The molecule has 1 unspecified atom stereocenters. The van der Waals surface area contributed by atoms with Gasteiger partial charge in [-0.1, -0.05) is 94.4 Å². The van der Waals surface area contributed by atoms with Gasteiger partial charge in [0.15, 0.2) is 0 Å². The molecule has 0 aliphatic rings. The largest absolute Gasteiger partial charge is 0.353 e. The lowest BCUT2D eigenvalue weighted by atomic mass is 9.83. The summed E-state index contributed by atoms with van der Waals surface area (Å²) in [7, 11) is -0.881. The second-order valence-corrected chi connectivity index (χ2v) is 15.4. The van der Waals surface area contributed by atoms with Crippen molar-refractivity contribution in [2.24, 2.45) is 0 Å². The third-order valence-corrected chi connectivity index (χ3v) is 7.49. The van der Waals surface area contributed by atoms with E-state index in [9.17, 15) is 0 Å². The van der Waals surface area contributed by atoms with Gasteiger partial charge in [-0.3, -0.25) is 0 Å². The van der Waals surface area contributed by atoms with Crippen LogP contribution in [-0.2, 0) is 0 Å². The molecule has 1 aromatic carbocycles. The van der Waals surface area contributed by atoms with Crippen LogP contribution < -0.4 is 5.73 Å². The summed E-state index contributed by atoms with van der Waals surface area (Å²) in [5.74, 6) is 0. The Kier molecular flexibility index (Phi) is 11.9. The summed E-state index contributed by atoms with van der Waals surface area (Å²) in [6.07, 6.45) is 19.2. The summed E-state index contributed by atoms with van der Waals surface area (Å²) in [6.45, 7) is 9.79. The van der Waals surface area contributed by atoms with Crippen LogP contribution in [0.2, 0.25) is 25.7 Å². The molecule has 0 saturated heterocycles. The summed E-state index contributed by atoms with van der Waals surface area (Å²) in [5, 5.41) is 0. The third-order valence-electron chi connectivity index (χ3n) is 5.63. The molecule has 0 saturated carbocycles. The highest BCUT2D eigenvalue weighted by Gasteiger charge is 2.27. The van der Waals surface area contributed by atoms with E-state index in [0.717, 1.165) is 0 Å². The molecular weight excluding hydrogens is 342 g/mol. The monoisotopic (exact) mass is 388 g/mol. The molecule has 0 fully saturated rings. The van der Waals surface area contributed by atoms with Gasteiger partial charge in [-0.2, -0.15) is 0 Å². The van der Waals surface area contributed by atoms with E-state index in [1.807, 2.05) is 0 Å². The van der Waals surface area contributed by atoms with Gasteiger partial charge >= 0.3 is 0 Å². The van der Waals surface area contributed by atoms with Crippen LogP contribution in [0.15, 0.2) is 36.4 Å². The number of unbranched alkanes of at least 4 members (excludes halogenated alkanes) is 5. The average Bonchev–Trinajstić information content (AvgIpc) is 2.62. The van der Waals surface area contributed by atoms with Gasteiger partial charge in [-0.05, 0) is 37.7 Å². The lowest BCUT2D eigenvalue weighted by Gasteiger charge is -2.27. The van der Waals surface area contributed by atoms with Crippen LogP contribution in [0.4, 0.5) is 0 Å². The highest BCUT2D eigenvalue weighted by Crippen LogP contribution is 2.25. The van der Waals surface area contributed by atoms with Crippen molar-refractivity contribution in [3.63, 3.8) is 0 Å². The molecule has 3 N–H and O–H groups in total. The van der Waals surface area contributed by atoms with E-state index in [1.165, 1.54) is 82.2 Å². The van der Waals surface area contributed by atoms with Crippen LogP contribution in [0.25, 0.3) is 6.08 Å². The SMILES string of the molecule is CCCCCC([NH3+])(CCCC/C=C/c1ccccc1)CCCC[Si](C)(C)C. The number of hydrogen-bond donors (Lipinski definition) is 1. The predicted molar refractivity (Wildman–Crippen MR) is 126 cm³/mol. The first-order chi connectivity index (χ1) is 12.8. The normalized spacial score (nSPS) is 14.6. The van der Waals surface area contributed by atoms with Gasteiger partial charge in [0.25, 0.3) is 0 Å². The van der Waals surface area contributed by atoms with Crippen LogP contribution in [0.3, 0.4) is 0 Å². The Labute approximate surface area is 170 Å². The van der Waals surface area contributed by atoms with E-state index in [-0.39, 0.29) is 0 Å². The van der Waals surface area contributed by atoms with E-state index in [4.69, 9.17) is 5.73 Å². The Morgan fingerprint density at radius 3 is 2.04 bits per heavy atom. The van der Waals surface area contributed by atoms with Gasteiger partial charge in [0.1, 0.15) is 0 Å². The number of benzene rings is 1. The molecule has 0 heterocycles. The maximum Gasteiger partial charge on any atom is 0.0945 e. The Bertz CT molecular complexity index is 503. The Morgan fingerprint density at radius 2 is 1.44 bits per heavy atom. The van der Waals surface area contributed by atoms with Crippen molar-refractivity contribution < 1.29 is 5.73 Å². The molecule has 0 aliphatic heterocycles. The lowest BCUT2D eigenvalue weighted by Crippen LogP contribution is -2.72. The average molecular weight is 389 g/mol. The minimum Gasteiger partial charge on any atom is -0.353 e. The van der Waals surface area contributed by atoms with Crippen LogP contribution in [-0.4, -0.2) is 13.6 Å². The molecule has 0 aromatic heterocycles. The quantitative estimate of drug-likeness (QED) is 0.240. The van der Waals surface area contributed by atoms with Crippen molar-refractivity contribution in [1.82, 2.24) is 0 Å². The molecule has 0 bridgehead atoms. The fourth-order valence-corrected chi connectivity index (χ4v) is 5.14. The Hall–Kier alpha value is -0.863. The number of quaternary nitrogens is 1. The van der Waals surface area contributed by atoms with Crippen LogP contribution in [0, 0.1) is 0 Å². The van der Waals surface area contributed by atoms with E-state index < -0.39 is 8.07 Å². The zero-order valence-electron chi connectivity index (χ0n) is 18.7. The van der Waals surface area contributed by atoms with Crippen molar-refractivity contribution in [2.75, 3.05) is 0 Å². The van der Waals surface area contributed by atoms with Gasteiger partial charge in [0, 0.05) is 27.3 Å². The van der Waals surface area contributed by atoms with E-state index in [1.54, 1.807) is 0 Å². The fourth-order valence-electron chi connectivity index (χ4n) is 3.83. The van der Waals surface area contributed by atoms with E-state index >= 15 is 0 Å². The predicted octanol–water partition coefficient (Wildman–Crippen LogP) is 7.33. The minimum absolute atomic E-state index is 0.331. The molecule has 1 rings (SSSR count). The number of allylic oxidation sites excluding steroid dienone is 1. The zero-order valence-corrected chi connectivity index (χ0v) is 19.7. The topological polar surface area (TPSA) is 27.6 Å². The standard InChI is InChI=1S/C25H45NSi/c1-5-6-13-20-25(26,22-15-16-23-27(2,3)4)21-14-8-7-10-17-24-18-11-9-12-19-24/h9-12,17-19H,5-8,13-16,20-23,26H2,1-4H3/p+1/b17-10+. The van der Waals surface area contributed by atoms with Gasteiger partial charge in [0.05, 0.1) is 5.54 Å². The van der Waals surface area contributed by atoms with Gasteiger partial charge in [0.2, 0.25) is 0 Å². The van der Waals surface area contributed by atoms with Gasteiger partial charge < -0.3 is 5.73 Å². The number of hydrogen-bond acceptors (Lipinski definition) is 0. The molecule has 0 spiro atoms. The molecule has 0 radical (unpaired) electrons. The first-order valence-corrected chi connectivity index (χ1v) is 15.1. The maximum atomic E-state index is 4.73. The zero-order chi connectivity index (χ0) is 20.0. The minimum atomic E-state index is -0.881. The third kappa shape index (κ3) is 13.0. The van der Waals surface area contributed by atoms with Crippen LogP contribution in [0.1, 0.15) is 83.1 Å². The second kappa shape index (κ2) is 13.3. The highest BCUT2D eigenvalue weighted by molar-refractivity contribution is 6.76. The van der Waals surface area contributed by atoms with Crippen molar-refractivity contribution in [3.8, 4) is 0 Å². The molecular formula is C25H46NSi+. The van der Waals surface area contributed by atoms with E-state index in [0.29, 0.717) is 5.54 Å². The van der Waals surface area contributed by atoms with Crippen molar-refractivity contribution >= 4 is 14.1 Å². The summed E-state index contributed by atoms with van der Waals surface area (Å²) >= 11 is 0. The number of rotatable bonds is 15. The molecule has 0 aliphatic carbocycles. The first kappa shape index (κ1) is 24.2. The molecule has 1 nitrogen and oxygen atoms in total. The molecule has 27 heavy (non-hydrogen) atoms. The van der Waals surface area contributed by atoms with Gasteiger partial charge in [-0.25, -0.2) is 0 Å². The van der Waals surface area contributed by atoms with Crippen LogP contribution in [0.5, 0.6) is 0 Å². The smallest absolute Gasteiger partial charge is 0.0945 e. The fraction of sp³-hybridized carbons (Fsp3) is 0.680. The maximum absolute atomic E-state index is 4.73. The van der Waals surface area contributed by atoms with Crippen LogP contribution >= 0.6 is 0 Å². The molecule has 2 heteroatoms. The molecule has 154 valence electrons. The summed E-state index contributed by atoms with van der Waals surface area (Å²) in [6, 6.07) is 12.1. The van der Waals surface area contributed by atoms with Crippen molar-refractivity contribution in [3.05, 3.63) is 42.0 Å². The van der Waals surface area contributed by atoms with E-state index in [2.05, 4.69) is 69.0 Å². The summed E-state index contributed by atoms with van der Waals surface area (Å²) in [4.78, 5) is 0. The molecule has 1 atom stereocenters.